The van der Waals surface area contributed by atoms with Gasteiger partial charge in [0.05, 0.1) is 0 Å². The molecule has 1 unspecified atom stereocenters. The summed E-state index contributed by atoms with van der Waals surface area (Å²) in [7, 11) is 0. The molecule has 19 heavy (non-hydrogen) atoms. The molecule has 1 fully saturated rings. The van der Waals surface area contributed by atoms with E-state index in [9.17, 15) is 4.79 Å². The van der Waals surface area contributed by atoms with Gasteiger partial charge in [0.25, 0.3) is 5.91 Å². The van der Waals surface area contributed by atoms with Crippen molar-refractivity contribution in [3.05, 3.63) is 34.5 Å². The van der Waals surface area contributed by atoms with Gasteiger partial charge in [-0.2, -0.15) is 0 Å². The Labute approximate surface area is 116 Å². The number of benzene rings is 1. The van der Waals surface area contributed by atoms with Gasteiger partial charge in [0.1, 0.15) is 5.69 Å². The molecule has 0 saturated carbocycles. The molecule has 0 aliphatic carbocycles. The zero-order valence-corrected chi connectivity index (χ0v) is 11.5. The minimum Gasteiger partial charge on any atom is -0.350 e. The highest BCUT2D eigenvalue weighted by Gasteiger charge is 2.20. The largest absolute Gasteiger partial charge is 0.350 e. The SMILES string of the molecule is Cc1c(C(=O)NC2CCNC2)[nH]c2ccc(Cl)cc12. The van der Waals surface area contributed by atoms with Crippen LogP contribution in [0.4, 0.5) is 0 Å². The zero-order chi connectivity index (χ0) is 13.4. The molecule has 3 N–H and O–H groups in total. The van der Waals surface area contributed by atoms with E-state index in [-0.39, 0.29) is 11.9 Å². The Hall–Kier alpha value is -1.52. The van der Waals surface area contributed by atoms with Crippen LogP contribution in [0.5, 0.6) is 0 Å². The van der Waals surface area contributed by atoms with Crippen molar-refractivity contribution in [2.45, 2.75) is 19.4 Å². The molecular formula is C14H16ClN3O. The molecule has 4 nitrogen and oxygen atoms in total. The average molecular weight is 278 g/mol. The molecule has 1 amide bonds. The summed E-state index contributed by atoms with van der Waals surface area (Å²) in [6.07, 6.45) is 0.983. The lowest BCUT2D eigenvalue weighted by Gasteiger charge is -2.10. The average Bonchev–Trinajstić information content (AvgIpc) is 2.98. The van der Waals surface area contributed by atoms with E-state index in [1.165, 1.54) is 0 Å². The smallest absolute Gasteiger partial charge is 0.268 e. The number of hydrogen-bond donors (Lipinski definition) is 3. The lowest BCUT2D eigenvalue weighted by molar-refractivity contribution is 0.0935. The standard InChI is InChI=1S/C14H16ClN3O/c1-8-11-6-9(15)2-3-12(11)18-13(8)14(19)17-10-4-5-16-7-10/h2-3,6,10,16,18H,4-5,7H2,1H3,(H,17,19). The Balaban J connectivity index is 1.91. The number of aromatic nitrogens is 1. The van der Waals surface area contributed by atoms with Crippen LogP contribution in [0.2, 0.25) is 5.02 Å². The normalized spacial score (nSPS) is 18.9. The van der Waals surface area contributed by atoms with Crippen molar-refractivity contribution in [1.29, 1.82) is 0 Å². The lowest BCUT2D eigenvalue weighted by Crippen LogP contribution is -2.36. The second-order valence-electron chi connectivity index (χ2n) is 4.98. The van der Waals surface area contributed by atoms with E-state index in [4.69, 9.17) is 11.6 Å². The van der Waals surface area contributed by atoms with E-state index in [0.717, 1.165) is 36.0 Å². The first-order valence-electron chi connectivity index (χ1n) is 6.44. The van der Waals surface area contributed by atoms with E-state index in [1.807, 2.05) is 25.1 Å². The van der Waals surface area contributed by atoms with E-state index in [0.29, 0.717) is 10.7 Å². The highest BCUT2D eigenvalue weighted by atomic mass is 35.5. The number of H-pyrrole nitrogens is 1. The maximum Gasteiger partial charge on any atom is 0.268 e. The maximum atomic E-state index is 12.3. The number of aromatic amines is 1. The van der Waals surface area contributed by atoms with Gasteiger partial charge < -0.3 is 15.6 Å². The van der Waals surface area contributed by atoms with Crippen LogP contribution in [0.15, 0.2) is 18.2 Å². The van der Waals surface area contributed by atoms with Crippen LogP contribution in [0, 0.1) is 6.92 Å². The predicted octanol–water partition coefficient (Wildman–Crippen LogP) is 2.22. The molecule has 2 heterocycles. The number of halogens is 1. The van der Waals surface area contributed by atoms with E-state index >= 15 is 0 Å². The van der Waals surface area contributed by atoms with Gasteiger partial charge in [0.15, 0.2) is 0 Å². The highest BCUT2D eigenvalue weighted by molar-refractivity contribution is 6.31. The number of rotatable bonds is 2. The van der Waals surface area contributed by atoms with Crippen LogP contribution in [0.1, 0.15) is 22.5 Å². The fourth-order valence-electron chi connectivity index (χ4n) is 2.56. The zero-order valence-electron chi connectivity index (χ0n) is 10.7. The minimum absolute atomic E-state index is 0.0430. The summed E-state index contributed by atoms with van der Waals surface area (Å²) in [6.45, 7) is 3.75. The van der Waals surface area contributed by atoms with Crippen molar-refractivity contribution in [2.24, 2.45) is 0 Å². The molecule has 0 radical (unpaired) electrons. The van der Waals surface area contributed by atoms with Crippen molar-refractivity contribution in [2.75, 3.05) is 13.1 Å². The fourth-order valence-corrected chi connectivity index (χ4v) is 2.73. The predicted molar refractivity (Wildman–Crippen MR) is 76.8 cm³/mol. The maximum absolute atomic E-state index is 12.3. The molecule has 1 aromatic carbocycles. The van der Waals surface area contributed by atoms with Crippen molar-refractivity contribution < 1.29 is 4.79 Å². The van der Waals surface area contributed by atoms with Gasteiger partial charge >= 0.3 is 0 Å². The van der Waals surface area contributed by atoms with Crippen LogP contribution in [-0.2, 0) is 0 Å². The van der Waals surface area contributed by atoms with Gasteiger partial charge in [-0.05, 0) is 43.7 Å². The Morgan fingerprint density at radius 3 is 3.05 bits per heavy atom. The number of nitrogens with one attached hydrogen (secondary N) is 3. The van der Waals surface area contributed by atoms with Gasteiger partial charge in [-0.25, -0.2) is 0 Å². The van der Waals surface area contributed by atoms with E-state index < -0.39 is 0 Å². The van der Waals surface area contributed by atoms with Gasteiger partial charge in [0.2, 0.25) is 0 Å². The number of carbonyl (C=O) groups is 1. The fraction of sp³-hybridized carbons (Fsp3) is 0.357. The summed E-state index contributed by atoms with van der Waals surface area (Å²) in [6, 6.07) is 5.83. The first-order chi connectivity index (χ1) is 9.15. The third-order valence-corrected chi connectivity index (χ3v) is 3.88. The second-order valence-corrected chi connectivity index (χ2v) is 5.41. The van der Waals surface area contributed by atoms with Crippen molar-refractivity contribution >= 4 is 28.4 Å². The van der Waals surface area contributed by atoms with Gasteiger partial charge in [-0.15, -0.1) is 0 Å². The minimum atomic E-state index is -0.0430. The Morgan fingerprint density at radius 2 is 2.32 bits per heavy atom. The topological polar surface area (TPSA) is 56.9 Å². The summed E-state index contributed by atoms with van der Waals surface area (Å²) in [5.41, 5.74) is 2.52. The molecule has 1 atom stereocenters. The van der Waals surface area contributed by atoms with Crippen molar-refractivity contribution in [1.82, 2.24) is 15.6 Å². The lowest BCUT2D eigenvalue weighted by atomic mass is 10.1. The molecule has 100 valence electrons. The molecule has 1 aliphatic rings. The Bertz CT molecular complexity index is 629. The van der Waals surface area contributed by atoms with Gasteiger partial charge in [-0.3, -0.25) is 4.79 Å². The molecule has 1 aromatic heterocycles. The molecule has 3 rings (SSSR count). The van der Waals surface area contributed by atoms with E-state index in [1.54, 1.807) is 0 Å². The molecule has 5 heteroatoms. The van der Waals surface area contributed by atoms with E-state index in [2.05, 4.69) is 15.6 Å². The molecule has 1 saturated heterocycles. The molecule has 0 bridgehead atoms. The Kier molecular flexibility index (Phi) is 3.21. The van der Waals surface area contributed by atoms with Crippen LogP contribution >= 0.6 is 11.6 Å². The van der Waals surface area contributed by atoms with Crippen LogP contribution in [-0.4, -0.2) is 30.0 Å². The van der Waals surface area contributed by atoms with Crippen LogP contribution in [0.3, 0.4) is 0 Å². The van der Waals surface area contributed by atoms with Crippen molar-refractivity contribution in [3.63, 3.8) is 0 Å². The summed E-state index contributed by atoms with van der Waals surface area (Å²) >= 11 is 5.99. The molecule has 0 spiro atoms. The first kappa shape index (κ1) is 12.5. The summed E-state index contributed by atoms with van der Waals surface area (Å²) in [5, 5.41) is 7.97. The number of carbonyl (C=O) groups excluding carboxylic acids is 1. The number of amides is 1. The number of hydrogen-bond acceptors (Lipinski definition) is 2. The summed E-state index contributed by atoms with van der Waals surface area (Å²) < 4.78 is 0. The number of fused-ring (bicyclic) bond motifs is 1. The summed E-state index contributed by atoms with van der Waals surface area (Å²) in [4.78, 5) is 15.4. The van der Waals surface area contributed by atoms with Crippen LogP contribution in [0.25, 0.3) is 10.9 Å². The second kappa shape index (κ2) is 4.87. The van der Waals surface area contributed by atoms with Crippen LogP contribution < -0.4 is 10.6 Å². The van der Waals surface area contributed by atoms with Gasteiger partial charge in [-0.1, -0.05) is 11.6 Å². The number of aryl methyl sites for hydroxylation is 1. The van der Waals surface area contributed by atoms with Crippen molar-refractivity contribution in [3.8, 4) is 0 Å². The monoisotopic (exact) mass is 277 g/mol. The summed E-state index contributed by atoms with van der Waals surface area (Å²) in [5.74, 6) is -0.0430. The third kappa shape index (κ3) is 2.33. The molecule has 1 aliphatic heterocycles. The molecular weight excluding hydrogens is 262 g/mol. The highest BCUT2D eigenvalue weighted by Crippen LogP contribution is 2.25. The first-order valence-corrected chi connectivity index (χ1v) is 6.82. The molecule has 2 aromatic rings. The third-order valence-electron chi connectivity index (χ3n) is 3.64. The Morgan fingerprint density at radius 1 is 1.47 bits per heavy atom. The van der Waals surface area contributed by atoms with Gasteiger partial charge in [0, 0.05) is 28.5 Å². The quantitative estimate of drug-likeness (QED) is 0.788.